The van der Waals surface area contributed by atoms with E-state index in [-0.39, 0.29) is 5.57 Å². The summed E-state index contributed by atoms with van der Waals surface area (Å²) < 4.78 is 5.17. The van der Waals surface area contributed by atoms with Gasteiger partial charge in [-0.2, -0.15) is 10.5 Å². The van der Waals surface area contributed by atoms with Crippen LogP contribution in [0.2, 0.25) is 0 Å². The Morgan fingerprint density at radius 3 is 2.44 bits per heavy atom. The van der Waals surface area contributed by atoms with Crippen LogP contribution < -0.4 is 4.74 Å². The molecule has 1 rings (SSSR count). The van der Waals surface area contributed by atoms with E-state index in [0.717, 1.165) is 0 Å². The number of nitriles is 2. The van der Waals surface area contributed by atoms with Crippen molar-refractivity contribution in [2.45, 2.75) is 0 Å². The highest BCUT2D eigenvalue weighted by Crippen LogP contribution is 2.28. The molecule has 0 fully saturated rings. The number of hydrogen-bond donors (Lipinski definition) is 0. The standard InChI is InChI=1S/C13H10N2O/c1-3-11(10(8-14)9-15)12-6-4-5-7-13(12)16-2/h3-7H,1H2,2H3. The highest BCUT2D eigenvalue weighted by molar-refractivity contribution is 5.84. The molecule has 0 aliphatic carbocycles. The predicted octanol–water partition coefficient (Wildman–Crippen LogP) is 2.68. The van der Waals surface area contributed by atoms with Gasteiger partial charge in [0.25, 0.3) is 0 Å². The van der Waals surface area contributed by atoms with Crippen molar-refractivity contribution in [3.05, 3.63) is 48.1 Å². The number of rotatable bonds is 3. The Balaban J connectivity index is 3.48. The van der Waals surface area contributed by atoms with Crippen molar-refractivity contribution >= 4 is 5.57 Å². The van der Waals surface area contributed by atoms with E-state index >= 15 is 0 Å². The second-order valence-corrected chi connectivity index (χ2v) is 2.92. The quantitative estimate of drug-likeness (QED) is 0.569. The van der Waals surface area contributed by atoms with E-state index in [9.17, 15) is 0 Å². The van der Waals surface area contributed by atoms with Gasteiger partial charge in [0, 0.05) is 11.1 Å². The molecule has 78 valence electrons. The van der Waals surface area contributed by atoms with Crippen molar-refractivity contribution < 1.29 is 4.74 Å². The molecule has 1 aromatic rings. The zero-order valence-electron chi connectivity index (χ0n) is 8.90. The molecule has 16 heavy (non-hydrogen) atoms. The summed E-state index contributed by atoms with van der Waals surface area (Å²) in [7, 11) is 1.54. The van der Waals surface area contributed by atoms with Crippen LogP contribution in [0.25, 0.3) is 5.57 Å². The van der Waals surface area contributed by atoms with Gasteiger partial charge in [-0.05, 0) is 6.07 Å². The first-order valence-electron chi connectivity index (χ1n) is 4.58. The molecule has 0 saturated carbocycles. The van der Waals surface area contributed by atoms with Crippen LogP contribution in [0.5, 0.6) is 5.75 Å². The van der Waals surface area contributed by atoms with Crippen LogP contribution in [0, 0.1) is 22.7 Å². The minimum Gasteiger partial charge on any atom is -0.496 e. The van der Waals surface area contributed by atoms with E-state index in [2.05, 4.69) is 6.58 Å². The number of nitrogens with zero attached hydrogens (tertiary/aromatic N) is 2. The second-order valence-electron chi connectivity index (χ2n) is 2.92. The van der Waals surface area contributed by atoms with E-state index in [4.69, 9.17) is 15.3 Å². The van der Waals surface area contributed by atoms with Crippen molar-refractivity contribution in [3.8, 4) is 17.9 Å². The first-order valence-corrected chi connectivity index (χ1v) is 4.58. The van der Waals surface area contributed by atoms with Crippen molar-refractivity contribution in [1.82, 2.24) is 0 Å². The van der Waals surface area contributed by atoms with Crippen LogP contribution in [0.4, 0.5) is 0 Å². The maximum Gasteiger partial charge on any atom is 0.137 e. The molecule has 0 aliphatic rings. The first-order chi connectivity index (χ1) is 7.78. The third-order valence-electron chi connectivity index (χ3n) is 2.09. The number of methoxy groups -OCH3 is 1. The van der Waals surface area contributed by atoms with E-state index in [0.29, 0.717) is 16.9 Å². The average molecular weight is 210 g/mol. The number of hydrogen-bond acceptors (Lipinski definition) is 3. The van der Waals surface area contributed by atoms with Crippen molar-refractivity contribution in [3.63, 3.8) is 0 Å². The molecule has 0 atom stereocenters. The van der Waals surface area contributed by atoms with E-state index in [1.807, 2.05) is 24.3 Å². The third kappa shape index (κ3) is 2.10. The molecule has 0 bridgehead atoms. The van der Waals surface area contributed by atoms with Crippen LogP contribution >= 0.6 is 0 Å². The molecule has 0 aromatic heterocycles. The summed E-state index contributed by atoms with van der Waals surface area (Å²) in [6, 6.07) is 10.9. The van der Waals surface area contributed by atoms with E-state index in [1.54, 1.807) is 12.1 Å². The Morgan fingerprint density at radius 2 is 1.94 bits per heavy atom. The third-order valence-corrected chi connectivity index (χ3v) is 2.09. The van der Waals surface area contributed by atoms with E-state index < -0.39 is 0 Å². The molecule has 0 aliphatic heterocycles. The zero-order chi connectivity index (χ0) is 12.0. The van der Waals surface area contributed by atoms with Crippen LogP contribution in [0.3, 0.4) is 0 Å². The molecule has 3 nitrogen and oxygen atoms in total. The molecule has 0 radical (unpaired) electrons. The van der Waals surface area contributed by atoms with Gasteiger partial charge in [-0.25, -0.2) is 0 Å². The summed E-state index contributed by atoms with van der Waals surface area (Å²) in [4.78, 5) is 0. The van der Waals surface area contributed by atoms with Crippen LogP contribution in [0.1, 0.15) is 5.56 Å². The molecule has 3 heteroatoms. The summed E-state index contributed by atoms with van der Waals surface area (Å²) in [5.41, 5.74) is 1.21. The number of allylic oxidation sites excluding steroid dienone is 3. The number of para-hydroxylation sites is 1. The van der Waals surface area contributed by atoms with Gasteiger partial charge < -0.3 is 4.74 Å². The highest BCUT2D eigenvalue weighted by Gasteiger charge is 2.10. The predicted molar refractivity (Wildman–Crippen MR) is 61.3 cm³/mol. The fourth-order valence-electron chi connectivity index (χ4n) is 1.36. The monoisotopic (exact) mass is 210 g/mol. The lowest BCUT2D eigenvalue weighted by Crippen LogP contribution is -1.92. The van der Waals surface area contributed by atoms with E-state index in [1.165, 1.54) is 13.2 Å². The maximum absolute atomic E-state index is 8.83. The molecule has 0 heterocycles. The van der Waals surface area contributed by atoms with Gasteiger partial charge >= 0.3 is 0 Å². The number of benzene rings is 1. The Hall–Kier alpha value is -2.52. The normalized spacial score (nSPS) is 8.44. The van der Waals surface area contributed by atoms with Gasteiger partial charge in [-0.1, -0.05) is 30.9 Å². The summed E-state index contributed by atoms with van der Waals surface area (Å²) >= 11 is 0. The lowest BCUT2D eigenvalue weighted by Gasteiger charge is -2.08. The Kier molecular flexibility index (Phi) is 3.89. The van der Waals surface area contributed by atoms with Crippen LogP contribution in [0.15, 0.2) is 42.5 Å². The van der Waals surface area contributed by atoms with Crippen LogP contribution in [-0.2, 0) is 0 Å². The molecular formula is C13H10N2O. The molecule has 0 unspecified atom stereocenters. The molecule has 0 amide bonds. The minimum absolute atomic E-state index is 0.0273. The molecule has 1 aromatic carbocycles. The first kappa shape index (κ1) is 11.6. The summed E-state index contributed by atoms with van der Waals surface area (Å²) in [5, 5.41) is 17.7. The van der Waals surface area contributed by atoms with Gasteiger partial charge in [0.15, 0.2) is 0 Å². The highest BCUT2D eigenvalue weighted by atomic mass is 16.5. The molecule has 0 saturated heterocycles. The van der Waals surface area contributed by atoms with Gasteiger partial charge in [-0.3, -0.25) is 0 Å². The van der Waals surface area contributed by atoms with Crippen molar-refractivity contribution in [2.75, 3.05) is 7.11 Å². The largest absolute Gasteiger partial charge is 0.496 e. The fourth-order valence-corrected chi connectivity index (χ4v) is 1.36. The summed E-state index contributed by atoms with van der Waals surface area (Å²) in [6.45, 7) is 3.61. The fraction of sp³-hybridized carbons (Fsp3) is 0.0769. The van der Waals surface area contributed by atoms with Crippen molar-refractivity contribution in [1.29, 1.82) is 10.5 Å². The number of ether oxygens (including phenoxy) is 1. The van der Waals surface area contributed by atoms with Gasteiger partial charge in [0.2, 0.25) is 0 Å². The lowest BCUT2D eigenvalue weighted by molar-refractivity contribution is 0.413. The Labute approximate surface area is 94.5 Å². The summed E-state index contributed by atoms with van der Waals surface area (Å²) in [6.07, 6.45) is 1.49. The summed E-state index contributed by atoms with van der Waals surface area (Å²) in [5.74, 6) is 0.611. The Morgan fingerprint density at radius 1 is 1.31 bits per heavy atom. The van der Waals surface area contributed by atoms with Gasteiger partial charge in [0.1, 0.15) is 23.5 Å². The minimum atomic E-state index is 0.0273. The van der Waals surface area contributed by atoms with Crippen LogP contribution in [-0.4, -0.2) is 7.11 Å². The van der Waals surface area contributed by atoms with Gasteiger partial charge in [0.05, 0.1) is 7.11 Å². The zero-order valence-corrected chi connectivity index (χ0v) is 8.90. The molecule has 0 spiro atoms. The van der Waals surface area contributed by atoms with Crippen molar-refractivity contribution in [2.24, 2.45) is 0 Å². The lowest BCUT2D eigenvalue weighted by atomic mass is 10.0. The molecular weight excluding hydrogens is 200 g/mol. The molecule has 0 N–H and O–H groups in total. The topological polar surface area (TPSA) is 56.8 Å². The SMILES string of the molecule is C=CC(=C(C#N)C#N)c1ccccc1OC. The average Bonchev–Trinajstić information content (AvgIpc) is 2.35. The Bertz CT molecular complexity index is 499. The second kappa shape index (κ2) is 5.38. The smallest absolute Gasteiger partial charge is 0.137 e. The maximum atomic E-state index is 8.83. The van der Waals surface area contributed by atoms with Gasteiger partial charge in [-0.15, -0.1) is 0 Å².